The molecule has 3 heterocycles. The summed E-state index contributed by atoms with van der Waals surface area (Å²) >= 11 is 0. The molecule has 4 rings (SSSR count). The van der Waals surface area contributed by atoms with E-state index in [2.05, 4.69) is 19.6 Å². The predicted molar refractivity (Wildman–Crippen MR) is 90.8 cm³/mol. The van der Waals surface area contributed by atoms with Crippen molar-refractivity contribution in [1.29, 1.82) is 0 Å². The van der Waals surface area contributed by atoms with Gasteiger partial charge in [0, 0.05) is 18.0 Å². The van der Waals surface area contributed by atoms with Crippen LogP contribution in [0.2, 0.25) is 0 Å². The fraction of sp³-hybridized carbons (Fsp3) is 0.118. The molecule has 0 unspecified atom stereocenters. The maximum Gasteiger partial charge on any atom is 0.471 e. The van der Waals surface area contributed by atoms with Crippen LogP contribution >= 0.6 is 0 Å². The highest BCUT2D eigenvalue weighted by molar-refractivity contribution is 7.90. The first-order valence-corrected chi connectivity index (χ1v) is 9.64. The first-order valence-electron chi connectivity index (χ1n) is 7.99. The van der Waals surface area contributed by atoms with Gasteiger partial charge in [-0.25, -0.2) is 17.8 Å². The Hall–Kier alpha value is -3.28. The molecule has 0 fully saturated rings. The van der Waals surface area contributed by atoms with Crippen LogP contribution in [-0.4, -0.2) is 27.9 Å². The van der Waals surface area contributed by atoms with Crippen LogP contribution in [0.25, 0.3) is 17.0 Å². The van der Waals surface area contributed by atoms with Crippen molar-refractivity contribution in [2.24, 2.45) is 0 Å². The van der Waals surface area contributed by atoms with Gasteiger partial charge < -0.3 is 8.92 Å². The first kappa shape index (κ1) is 19.1. The van der Waals surface area contributed by atoms with E-state index in [4.69, 9.17) is 0 Å². The average Bonchev–Trinajstić information content (AvgIpc) is 3.27. The number of aromatic nitrogens is 4. The highest BCUT2D eigenvalue weighted by Gasteiger charge is 2.38. The Morgan fingerprint density at radius 2 is 1.79 bits per heavy atom. The molecule has 3 aromatic heterocycles. The quantitative estimate of drug-likeness (QED) is 0.366. The fourth-order valence-electron chi connectivity index (χ4n) is 2.62. The maximum atomic E-state index is 13.0. The number of hydrogen-bond acceptors (Lipinski definition) is 6. The number of fused-ring (bicyclic) bond motifs is 1. The lowest BCUT2D eigenvalue weighted by molar-refractivity contribution is -0.159. The summed E-state index contributed by atoms with van der Waals surface area (Å²) in [5, 5.41) is 3.30. The molecule has 0 saturated heterocycles. The van der Waals surface area contributed by atoms with Crippen LogP contribution in [0.1, 0.15) is 11.6 Å². The SMILES string of the molecule is O=S(=O)(Cc1cn2ccc(-c3noc(C(F)(F)F)n3)cc2n1)c1ccc(F)cc1. The molecule has 0 radical (unpaired) electrons. The van der Waals surface area contributed by atoms with E-state index in [1.807, 2.05) is 0 Å². The van der Waals surface area contributed by atoms with Crippen LogP contribution in [0.5, 0.6) is 0 Å². The zero-order chi connectivity index (χ0) is 20.8. The molecule has 29 heavy (non-hydrogen) atoms. The molecule has 1 aromatic carbocycles. The van der Waals surface area contributed by atoms with Gasteiger partial charge >= 0.3 is 12.1 Å². The number of hydrogen-bond donors (Lipinski definition) is 0. The Bertz CT molecular complexity index is 1290. The van der Waals surface area contributed by atoms with E-state index in [9.17, 15) is 26.0 Å². The normalized spacial score (nSPS) is 12.6. The summed E-state index contributed by atoms with van der Waals surface area (Å²) in [5.41, 5.74) is 0.705. The lowest BCUT2D eigenvalue weighted by atomic mass is 10.2. The third kappa shape index (κ3) is 3.83. The third-order valence-electron chi connectivity index (χ3n) is 3.95. The van der Waals surface area contributed by atoms with Crippen molar-refractivity contribution in [1.82, 2.24) is 19.5 Å². The number of imidazole rings is 1. The molecule has 0 aliphatic carbocycles. The van der Waals surface area contributed by atoms with Crippen molar-refractivity contribution in [2.75, 3.05) is 0 Å². The molecular formula is C17H10F4N4O3S. The second-order valence-electron chi connectivity index (χ2n) is 6.05. The van der Waals surface area contributed by atoms with Crippen LogP contribution in [0.3, 0.4) is 0 Å². The van der Waals surface area contributed by atoms with Gasteiger partial charge in [-0.1, -0.05) is 5.16 Å². The average molecular weight is 426 g/mol. The Morgan fingerprint density at radius 3 is 2.45 bits per heavy atom. The van der Waals surface area contributed by atoms with Gasteiger partial charge in [-0.05, 0) is 36.4 Å². The molecule has 0 spiro atoms. The van der Waals surface area contributed by atoms with Gasteiger partial charge in [-0.3, -0.25) is 0 Å². The largest absolute Gasteiger partial charge is 0.471 e. The van der Waals surface area contributed by atoms with Gasteiger partial charge in [0.2, 0.25) is 5.82 Å². The van der Waals surface area contributed by atoms with Gasteiger partial charge in [0.25, 0.3) is 0 Å². The molecule has 150 valence electrons. The summed E-state index contributed by atoms with van der Waals surface area (Å²) in [6.45, 7) is 0. The molecule has 0 aliphatic heterocycles. The minimum absolute atomic E-state index is 0.0527. The molecule has 0 saturated carbocycles. The van der Waals surface area contributed by atoms with Crippen LogP contribution in [0.15, 0.2) is 58.2 Å². The Labute approximate surface area is 160 Å². The van der Waals surface area contributed by atoms with E-state index in [1.54, 1.807) is 0 Å². The number of pyridine rings is 1. The number of nitrogens with zero attached hydrogens (tertiary/aromatic N) is 4. The van der Waals surface area contributed by atoms with Crippen molar-refractivity contribution in [3.8, 4) is 11.4 Å². The van der Waals surface area contributed by atoms with Crippen molar-refractivity contribution >= 4 is 15.5 Å². The smallest absolute Gasteiger partial charge is 0.329 e. The van der Waals surface area contributed by atoms with Gasteiger partial charge in [0.1, 0.15) is 11.5 Å². The summed E-state index contributed by atoms with van der Waals surface area (Å²) in [5.74, 6) is -2.74. The number of alkyl halides is 3. The molecule has 0 atom stereocenters. The van der Waals surface area contributed by atoms with E-state index < -0.39 is 33.5 Å². The minimum Gasteiger partial charge on any atom is -0.329 e. The van der Waals surface area contributed by atoms with Crippen LogP contribution in [0.4, 0.5) is 17.6 Å². The number of halogens is 4. The van der Waals surface area contributed by atoms with E-state index >= 15 is 0 Å². The monoisotopic (exact) mass is 426 g/mol. The molecule has 0 N–H and O–H groups in total. The summed E-state index contributed by atoms with van der Waals surface area (Å²) in [7, 11) is -3.76. The van der Waals surface area contributed by atoms with Crippen LogP contribution in [0, 0.1) is 5.82 Å². The minimum atomic E-state index is -4.76. The van der Waals surface area contributed by atoms with E-state index in [0.29, 0.717) is 0 Å². The fourth-order valence-corrected chi connectivity index (χ4v) is 3.86. The Morgan fingerprint density at radius 1 is 1.07 bits per heavy atom. The van der Waals surface area contributed by atoms with Gasteiger partial charge in [0.15, 0.2) is 9.84 Å². The lowest BCUT2D eigenvalue weighted by Crippen LogP contribution is -2.05. The van der Waals surface area contributed by atoms with Crippen molar-refractivity contribution < 1.29 is 30.5 Å². The molecule has 0 bridgehead atoms. The van der Waals surface area contributed by atoms with Gasteiger partial charge in [-0.2, -0.15) is 18.2 Å². The van der Waals surface area contributed by atoms with Crippen molar-refractivity contribution in [3.63, 3.8) is 0 Å². The summed E-state index contributed by atoms with van der Waals surface area (Å²) in [6.07, 6.45) is -1.81. The summed E-state index contributed by atoms with van der Waals surface area (Å²) in [6, 6.07) is 7.25. The van der Waals surface area contributed by atoms with Crippen molar-refractivity contribution in [3.05, 3.63) is 66.2 Å². The number of rotatable bonds is 4. The second-order valence-corrected chi connectivity index (χ2v) is 8.04. The predicted octanol–water partition coefficient (Wildman–Crippen LogP) is 3.52. The highest BCUT2D eigenvalue weighted by atomic mass is 32.2. The van der Waals surface area contributed by atoms with Gasteiger partial charge in [0.05, 0.1) is 16.3 Å². The molecule has 0 aliphatic rings. The maximum absolute atomic E-state index is 13.0. The number of benzene rings is 1. The van der Waals surface area contributed by atoms with Crippen molar-refractivity contribution in [2.45, 2.75) is 16.8 Å². The molecule has 7 nitrogen and oxygen atoms in total. The van der Waals surface area contributed by atoms with E-state index in [1.165, 1.54) is 28.9 Å². The summed E-state index contributed by atoms with van der Waals surface area (Å²) in [4.78, 5) is 7.44. The standard InChI is InChI=1S/C17H10F4N4O3S/c18-11-1-3-13(4-2-11)29(26,27)9-12-8-25-6-5-10(7-14(25)22-12)15-23-16(28-24-15)17(19,20)21/h1-8H,9H2. The first-order chi connectivity index (χ1) is 13.6. The van der Waals surface area contributed by atoms with Crippen LogP contribution < -0.4 is 0 Å². The number of sulfone groups is 1. The second kappa shape index (κ2) is 6.65. The zero-order valence-corrected chi connectivity index (χ0v) is 15.1. The summed E-state index contributed by atoms with van der Waals surface area (Å²) < 4.78 is 81.4. The highest BCUT2D eigenvalue weighted by Crippen LogP contribution is 2.29. The van der Waals surface area contributed by atoms with E-state index in [0.717, 1.165) is 24.3 Å². The third-order valence-corrected chi connectivity index (χ3v) is 5.61. The van der Waals surface area contributed by atoms with E-state index in [-0.39, 0.29) is 27.6 Å². The lowest BCUT2D eigenvalue weighted by Gasteiger charge is -2.01. The molecule has 12 heteroatoms. The topological polar surface area (TPSA) is 90.4 Å². The Balaban J connectivity index is 1.63. The zero-order valence-electron chi connectivity index (χ0n) is 14.3. The van der Waals surface area contributed by atoms with Crippen LogP contribution in [-0.2, 0) is 21.8 Å². The molecule has 0 amide bonds. The molecule has 4 aromatic rings. The van der Waals surface area contributed by atoms with Gasteiger partial charge in [-0.15, -0.1) is 0 Å². The Kier molecular flexibility index (Phi) is 4.37. The molecular weight excluding hydrogens is 416 g/mol.